The van der Waals surface area contributed by atoms with Crippen LogP contribution in [0.3, 0.4) is 0 Å². The summed E-state index contributed by atoms with van der Waals surface area (Å²) in [4.78, 5) is 0. The summed E-state index contributed by atoms with van der Waals surface area (Å²) in [6.07, 6.45) is 1.99. The fourth-order valence-corrected chi connectivity index (χ4v) is 4.37. The molecule has 0 bridgehead atoms. The molecule has 1 spiro atoms. The lowest BCUT2D eigenvalue weighted by Gasteiger charge is -2.41. The molecule has 1 fully saturated rings. The number of benzene rings is 1. The number of thioether (sulfide) groups is 1. The smallest absolute Gasteiger partial charge is 0.125 e. The number of hydrogen-bond acceptors (Lipinski definition) is 3. The molecule has 2 aliphatic rings. The molecule has 0 amide bonds. The molecule has 2 heterocycles. The van der Waals surface area contributed by atoms with Gasteiger partial charge in [-0.05, 0) is 37.3 Å². The molecule has 4 heteroatoms. The van der Waals surface area contributed by atoms with E-state index in [9.17, 15) is 0 Å². The molecular weight excluding hydrogens is 254 g/mol. The fraction of sp³-hybridized carbons (Fsp3) is 0.538. The van der Waals surface area contributed by atoms with Crippen LogP contribution in [0.2, 0.25) is 5.02 Å². The van der Waals surface area contributed by atoms with Crippen molar-refractivity contribution < 1.29 is 4.74 Å². The van der Waals surface area contributed by atoms with Crippen molar-refractivity contribution in [3.05, 3.63) is 28.8 Å². The first-order valence-electron chi connectivity index (χ1n) is 5.96. The van der Waals surface area contributed by atoms with Crippen molar-refractivity contribution in [3.63, 3.8) is 0 Å². The van der Waals surface area contributed by atoms with Gasteiger partial charge in [-0.15, -0.1) is 0 Å². The molecular formula is C13H16ClNOS. The van der Waals surface area contributed by atoms with Crippen LogP contribution in [0.5, 0.6) is 5.75 Å². The van der Waals surface area contributed by atoms with Crippen molar-refractivity contribution >= 4 is 23.4 Å². The van der Waals surface area contributed by atoms with E-state index in [2.05, 4.69) is 6.92 Å². The molecule has 2 aliphatic heterocycles. The minimum Gasteiger partial charge on any atom is -0.486 e. The Labute approximate surface area is 111 Å². The molecule has 92 valence electrons. The van der Waals surface area contributed by atoms with Gasteiger partial charge in [0.05, 0.1) is 0 Å². The zero-order valence-corrected chi connectivity index (χ0v) is 11.4. The molecule has 2 nitrogen and oxygen atoms in total. The molecule has 0 aromatic heterocycles. The Bertz CT molecular complexity index is 453. The van der Waals surface area contributed by atoms with Gasteiger partial charge in [-0.3, -0.25) is 0 Å². The molecule has 1 aromatic carbocycles. The average Bonchev–Trinajstić information content (AvgIpc) is 2.62. The molecule has 0 radical (unpaired) electrons. The summed E-state index contributed by atoms with van der Waals surface area (Å²) in [5, 5.41) is 1.24. The number of nitrogens with two attached hydrogens (primary N) is 1. The minimum atomic E-state index is -0.0646. The lowest BCUT2D eigenvalue weighted by molar-refractivity contribution is 0.0411. The van der Waals surface area contributed by atoms with Crippen molar-refractivity contribution in [1.29, 1.82) is 0 Å². The van der Waals surface area contributed by atoms with Gasteiger partial charge in [0.25, 0.3) is 0 Å². The maximum absolute atomic E-state index is 6.28. The first-order chi connectivity index (χ1) is 8.11. The molecule has 0 saturated carbocycles. The van der Waals surface area contributed by atoms with E-state index in [0.29, 0.717) is 5.25 Å². The van der Waals surface area contributed by atoms with Crippen LogP contribution >= 0.6 is 23.4 Å². The lowest BCUT2D eigenvalue weighted by Crippen LogP contribution is -2.47. The zero-order valence-electron chi connectivity index (χ0n) is 9.78. The molecule has 3 atom stereocenters. The van der Waals surface area contributed by atoms with E-state index in [1.165, 1.54) is 0 Å². The van der Waals surface area contributed by atoms with Gasteiger partial charge in [-0.1, -0.05) is 11.6 Å². The fourth-order valence-electron chi connectivity index (χ4n) is 2.81. The Morgan fingerprint density at radius 1 is 1.53 bits per heavy atom. The second-order valence-electron chi connectivity index (χ2n) is 4.92. The highest BCUT2D eigenvalue weighted by atomic mass is 35.5. The molecule has 2 unspecified atom stereocenters. The average molecular weight is 270 g/mol. The van der Waals surface area contributed by atoms with Crippen LogP contribution in [-0.2, 0) is 0 Å². The molecule has 2 N–H and O–H groups in total. The molecule has 1 aromatic rings. The summed E-state index contributed by atoms with van der Waals surface area (Å²) in [6.45, 7) is 2.24. The Morgan fingerprint density at radius 2 is 2.35 bits per heavy atom. The minimum absolute atomic E-state index is 0.0404. The first-order valence-corrected chi connectivity index (χ1v) is 7.39. The third-order valence-corrected chi connectivity index (χ3v) is 5.49. The van der Waals surface area contributed by atoms with Gasteiger partial charge in [0, 0.05) is 28.3 Å². The highest BCUT2D eigenvalue weighted by Gasteiger charge is 2.47. The van der Waals surface area contributed by atoms with Crippen LogP contribution in [0.4, 0.5) is 0 Å². The van der Waals surface area contributed by atoms with Gasteiger partial charge in [-0.25, -0.2) is 0 Å². The third-order valence-electron chi connectivity index (χ3n) is 3.88. The Hall–Kier alpha value is -0.380. The van der Waals surface area contributed by atoms with Gasteiger partial charge >= 0.3 is 0 Å². The quantitative estimate of drug-likeness (QED) is 0.784. The maximum atomic E-state index is 6.28. The summed E-state index contributed by atoms with van der Waals surface area (Å²) in [5.41, 5.74) is 7.27. The van der Waals surface area contributed by atoms with Crippen LogP contribution in [0.25, 0.3) is 0 Å². The van der Waals surface area contributed by atoms with Crippen molar-refractivity contribution in [2.45, 2.75) is 36.7 Å². The Kier molecular flexibility index (Phi) is 2.80. The van der Waals surface area contributed by atoms with E-state index in [0.717, 1.165) is 34.9 Å². The monoisotopic (exact) mass is 269 g/mol. The van der Waals surface area contributed by atoms with Crippen molar-refractivity contribution in [2.75, 3.05) is 5.75 Å². The molecule has 0 aliphatic carbocycles. The number of halogens is 1. The SMILES string of the molecule is CC1SCCC12C[C@H](N)c1cc(Cl)ccc1O2. The van der Waals surface area contributed by atoms with Crippen molar-refractivity contribution in [2.24, 2.45) is 5.73 Å². The molecule has 3 rings (SSSR count). The zero-order chi connectivity index (χ0) is 12.0. The van der Waals surface area contributed by atoms with Crippen LogP contribution in [-0.4, -0.2) is 16.6 Å². The predicted octanol–water partition coefficient (Wildman–Crippen LogP) is 3.39. The van der Waals surface area contributed by atoms with Gasteiger partial charge in [0.2, 0.25) is 0 Å². The number of hydrogen-bond donors (Lipinski definition) is 1. The Balaban J connectivity index is 2.01. The summed E-state index contributed by atoms with van der Waals surface area (Å²) >= 11 is 7.98. The van der Waals surface area contributed by atoms with Crippen LogP contribution in [0.15, 0.2) is 18.2 Å². The molecule has 17 heavy (non-hydrogen) atoms. The summed E-state index contributed by atoms with van der Waals surface area (Å²) in [7, 11) is 0. The van der Waals surface area contributed by atoms with E-state index in [1.807, 2.05) is 30.0 Å². The molecule has 1 saturated heterocycles. The van der Waals surface area contributed by atoms with Gasteiger partial charge in [0.15, 0.2) is 0 Å². The highest BCUT2D eigenvalue weighted by molar-refractivity contribution is 8.00. The number of rotatable bonds is 0. The second kappa shape index (κ2) is 4.08. The second-order valence-corrected chi connectivity index (χ2v) is 6.81. The highest BCUT2D eigenvalue weighted by Crippen LogP contribution is 2.49. The summed E-state index contributed by atoms with van der Waals surface area (Å²) in [6, 6.07) is 5.80. The van der Waals surface area contributed by atoms with Crippen LogP contribution in [0.1, 0.15) is 31.4 Å². The normalized spacial score (nSPS) is 35.7. The standard InChI is InChI=1S/C13H16ClNOS/c1-8-13(4-5-17-8)7-11(15)10-6-9(14)2-3-12(10)16-13/h2-3,6,8,11H,4-5,7,15H2,1H3/t8?,11-,13?/m0/s1. The largest absolute Gasteiger partial charge is 0.486 e. The van der Waals surface area contributed by atoms with Crippen molar-refractivity contribution in [1.82, 2.24) is 0 Å². The van der Waals surface area contributed by atoms with E-state index in [4.69, 9.17) is 22.1 Å². The topological polar surface area (TPSA) is 35.2 Å². The van der Waals surface area contributed by atoms with E-state index in [-0.39, 0.29) is 11.6 Å². The third kappa shape index (κ3) is 1.85. The van der Waals surface area contributed by atoms with Crippen LogP contribution < -0.4 is 10.5 Å². The van der Waals surface area contributed by atoms with Crippen LogP contribution in [0, 0.1) is 0 Å². The predicted molar refractivity (Wildman–Crippen MR) is 72.9 cm³/mol. The summed E-state index contributed by atoms with van der Waals surface area (Å²) in [5.74, 6) is 2.08. The van der Waals surface area contributed by atoms with E-state index in [1.54, 1.807) is 0 Å². The number of ether oxygens (including phenoxy) is 1. The Morgan fingerprint density at radius 3 is 3.06 bits per heavy atom. The number of fused-ring (bicyclic) bond motifs is 1. The first kappa shape index (κ1) is 11.7. The lowest BCUT2D eigenvalue weighted by atomic mass is 9.84. The van der Waals surface area contributed by atoms with Gasteiger partial charge in [0.1, 0.15) is 11.4 Å². The van der Waals surface area contributed by atoms with E-state index < -0.39 is 0 Å². The van der Waals surface area contributed by atoms with Gasteiger partial charge in [-0.2, -0.15) is 11.8 Å². The van der Waals surface area contributed by atoms with E-state index >= 15 is 0 Å². The van der Waals surface area contributed by atoms with Gasteiger partial charge < -0.3 is 10.5 Å². The summed E-state index contributed by atoms with van der Waals surface area (Å²) < 4.78 is 6.26. The maximum Gasteiger partial charge on any atom is 0.125 e. The van der Waals surface area contributed by atoms with Crippen molar-refractivity contribution in [3.8, 4) is 5.75 Å².